The van der Waals surface area contributed by atoms with Gasteiger partial charge in [-0.15, -0.1) is 0 Å². The lowest BCUT2D eigenvalue weighted by atomic mass is 9.79. The Bertz CT molecular complexity index is 794. The lowest BCUT2D eigenvalue weighted by Gasteiger charge is -2.33. The third kappa shape index (κ3) is 1.78. The van der Waals surface area contributed by atoms with E-state index in [0.717, 1.165) is 17.7 Å². The van der Waals surface area contributed by atoms with Crippen molar-refractivity contribution in [3.63, 3.8) is 0 Å². The van der Waals surface area contributed by atoms with Gasteiger partial charge in [0.1, 0.15) is 0 Å². The molecule has 0 aromatic heterocycles. The second-order valence-corrected chi connectivity index (χ2v) is 8.93. The van der Waals surface area contributed by atoms with Gasteiger partial charge in [0.2, 0.25) is 0 Å². The summed E-state index contributed by atoms with van der Waals surface area (Å²) >= 11 is 0. The minimum absolute atomic E-state index is 0.142. The van der Waals surface area contributed by atoms with Crippen molar-refractivity contribution in [3.8, 4) is 0 Å². The summed E-state index contributed by atoms with van der Waals surface area (Å²) in [7, 11) is 0.270. The quantitative estimate of drug-likeness (QED) is 0.482. The fraction of sp³-hybridized carbons (Fsp3) is 0.450. The van der Waals surface area contributed by atoms with E-state index in [1.807, 2.05) is 30.3 Å². The van der Waals surface area contributed by atoms with Crippen molar-refractivity contribution < 1.29 is 13.7 Å². The normalized spacial score (nSPS) is 39.4. The molecule has 1 aromatic carbocycles. The van der Waals surface area contributed by atoms with Crippen molar-refractivity contribution in [2.45, 2.75) is 23.0 Å². The first-order valence-electron chi connectivity index (χ1n) is 8.66. The molecule has 4 aliphatic rings. The molecule has 4 bridgehead atoms. The van der Waals surface area contributed by atoms with Gasteiger partial charge in [-0.1, -0.05) is 41.5 Å². The minimum atomic E-state index is -1.18. The molecule has 24 heavy (non-hydrogen) atoms. The topological polar surface area (TPSA) is 43.4 Å². The van der Waals surface area contributed by atoms with Crippen molar-refractivity contribution in [1.82, 2.24) is 0 Å². The lowest BCUT2D eigenvalue weighted by molar-refractivity contribution is -0.146. The van der Waals surface area contributed by atoms with Crippen LogP contribution in [-0.2, 0) is 20.3 Å². The van der Waals surface area contributed by atoms with E-state index in [4.69, 9.17) is 4.74 Å². The first-order valence-corrected chi connectivity index (χ1v) is 9.87. The maximum atomic E-state index is 13.3. The molecule has 4 aliphatic carbocycles. The van der Waals surface area contributed by atoms with E-state index in [-0.39, 0.29) is 29.0 Å². The number of hydrogen-bond donors (Lipinski definition) is 0. The summed E-state index contributed by atoms with van der Waals surface area (Å²) < 4.78 is 18.4. The van der Waals surface area contributed by atoms with Crippen LogP contribution in [0.15, 0.2) is 58.5 Å². The number of methoxy groups -OCH3 is 1. The Kier molecular flexibility index (Phi) is 3.15. The number of hydrogen-bond acceptors (Lipinski definition) is 3. The van der Waals surface area contributed by atoms with E-state index >= 15 is 0 Å². The largest absolute Gasteiger partial charge is 0.469 e. The van der Waals surface area contributed by atoms with Crippen molar-refractivity contribution in [1.29, 1.82) is 0 Å². The molecule has 7 atom stereocenters. The molecule has 1 aromatic rings. The maximum absolute atomic E-state index is 13.3. The van der Waals surface area contributed by atoms with Crippen LogP contribution in [0.2, 0.25) is 0 Å². The van der Waals surface area contributed by atoms with Crippen LogP contribution < -0.4 is 0 Å². The van der Waals surface area contributed by atoms with Crippen molar-refractivity contribution in [2.75, 3.05) is 7.11 Å². The van der Waals surface area contributed by atoms with Crippen LogP contribution in [0.1, 0.15) is 12.8 Å². The zero-order valence-corrected chi connectivity index (χ0v) is 14.4. The Morgan fingerprint density at radius 2 is 1.71 bits per heavy atom. The molecule has 0 radical (unpaired) electrons. The summed E-state index contributed by atoms with van der Waals surface area (Å²) in [6.45, 7) is 0. The molecule has 0 amide bonds. The van der Waals surface area contributed by atoms with Crippen LogP contribution in [0.4, 0.5) is 0 Å². The fourth-order valence-electron chi connectivity index (χ4n) is 5.65. The molecule has 0 heterocycles. The Morgan fingerprint density at radius 1 is 1.04 bits per heavy atom. The average molecular weight is 340 g/mol. The molecule has 3 nitrogen and oxygen atoms in total. The maximum Gasteiger partial charge on any atom is 0.310 e. The summed E-state index contributed by atoms with van der Waals surface area (Å²) in [6, 6.07) is 9.58. The Balaban J connectivity index is 1.58. The van der Waals surface area contributed by atoms with Gasteiger partial charge in [-0.3, -0.25) is 9.00 Å². The molecular formula is C20H20O3S. The number of carbonyl (C=O) groups excluding carboxylic acids is 1. The third-order valence-corrected chi connectivity index (χ3v) is 8.26. The Labute approximate surface area is 144 Å². The first-order chi connectivity index (χ1) is 11.7. The van der Waals surface area contributed by atoms with Gasteiger partial charge in [-0.2, -0.15) is 0 Å². The van der Waals surface area contributed by atoms with Crippen LogP contribution in [0.25, 0.3) is 0 Å². The molecule has 0 aliphatic heterocycles. The SMILES string of the molecule is COC(=O)[C@H]1[C@H]([S@](=O)c2ccccc2)[C@H]2C[C@H]1C1=C2[C@H]2C=C[C@H]1C2. The first kappa shape index (κ1) is 14.6. The number of esters is 1. The number of fused-ring (bicyclic) bond motifs is 8. The summed E-state index contributed by atoms with van der Waals surface area (Å²) in [4.78, 5) is 13.4. The predicted molar refractivity (Wildman–Crippen MR) is 91.5 cm³/mol. The highest BCUT2D eigenvalue weighted by atomic mass is 32.2. The predicted octanol–water partition coefficient (Wildman–Crippen LogP) is 3.10. The van der Waals surface area contributed by atoms with E-state index < -0.39 is 10.8 Å². The highest BCUT2D eigenvalue weighted by molar-refractivity contribution is 7.85. The molecule has 1 fully saturated rings. The van der Waals surface area contributed by atoms with Crippen LogP contribution >= 0.6 is 0 Å². The zero-order chi connectivity index (χ0) is 16.4. The molecule has 0 N–H and O–H groups in total. The number of carbonyl (C=O) groups is 1. The number of rotatable bonds is 3. The van der Waals surface area contributed by atoms with Crippen LogP contribution in [-0.4, -0.2) is 22.5 Å². The summed E-state index contributed by atoms with van der Waals surface area (Å²) in [5, 5.41) is -0.142. The fourth-order valence-corrected chi connectivity index (χ4v) is 7.52. The van der Waals surface area contributed by atoms with E-state index in [1.165, 1.54) is 18.3 Å². The van der Waals surface area contributed by atoms with Gasteiger partial charge in [0, 0.05) is 4.90 Å². The van der Waals surface area contributed by atoms with E-state index in [1.54, 1.807) is 0 Å². The summed E-state index contributed by atoms with van der Waals surface area (Å²) in [6.07, 6.45) is 6.76. The Morgan fingerprint density at radius 3 is 2.38 bits per heavy atom. The van der Waals surface area contributed by atoms with Gasteiger partial charge in [0.25, 0.3) is 0 Å². The van der Waals surface area contributed by atoms with E-state index in [0.29, 0.717) is 11.8 Å². The number of benzene rings is 1. The standard InChI is InChI=1S/C20H20O3S/c1-23-20(21)18-14-10-15(17-12-8-7-11(9-12)16(14)17)19(18)24(22)13-5-3-2-4-6-13/h2-8,11-12,14-15,18-19H,9-10H2,1H3/t11-,12-,14-,15-,18+,19+,24+/m0/s1. The molecular weight excluding hydrogens is 320 g/mol. The smallest absolute Gasteiger partial charge is 0.310 e. The molecule has 124 valence electrons. The van der Waals surface area contributed by atoms with Gasteiger partial charge >= 0.3 is 5.97 Å². The average Bonchev–Trinajstić information content (AvgIpc) is 3.38. The third-order valence-electron chi connectivity index (χ3n) is 6.40. The van der Waals surface area contributed by atoms with Gasteiger partial charge in [0.05, 0.1) is 29.1 Å². The van der Waals surface area contributed by atoms with E-state index in [9.17, 15) is 9.00 Å². The Hall–Kier alpha value is -1.68. The number of ether oxygens (including phenoxy) is 1. The van der Waals surface area contributed by atoms with Crippen LogP contribution in [0, 0.1) is 29.6 Å². The number of allylic oxidation sites excluding steroid dienone is 4. The van der Waals surface area contributed by atoms with Crippen LogP contribution in [0.5, 0.6) is 0 Å². The van der Waals surface area contributed by atoms with E-state index in [2.05, 4.69) is 12.2 Å². The summed E-state index contributed by atoms with van der Waals surface area (Å²) in [5.74, 6) is 1.10. The molecule has 4 heteroatoms. The molecule has 0 unspecified atom stereocenters. The highest BCUT2D eigenvalue weighted by Crippen LogP contribution is 2.64. The molecule has 1 saturated carbocycles. The van der Waals surface area contributed by atoms with Crippen molar-refractivity contribution in [2.24, 2.45) is 29.6 Å². The minimum Gasteiger partial charge on any atom is -0.469 e. The van der Waals surface area contributed by atoms with Crippen molar-refractivity contribution in [3.05, 3.63) is 53.6 Å². The second kappa shape index (κ2) is 5.16. The van der Waals surface area contributed by atoms with Gasteiger partial charge in [-0.25, -0.2) is 0 Å². The molecule has 5 rings (SSSR count). The highest BCUT2D eigenvalue weighted by Gasteiger charge is 2.61. The molecule has 0 saturated heterocycles. The second-order valence-electron chi connectivity index (χ2n) is 7.32. The van der Waals surface area contributed by atoms with Crippen molar-refractivity contribution >= 4 is 16.8 Å². The monoisotopic (exact) mass is 340 g/mol. The van der Waals surface area contributed by atoms with Gasteiger partial charge in [-0.05, 0) is 48.6 Å². The van der Waals surface area contributed by atoms with Gasteiger partial charge in [0.15, 0.2) is 0 Å². The lowest BCUT2D eigenvalue weighted by Crippen LogP contribution is -2.39. The van der Waals surface area contributed by atoms with Gasteiger partial charge < -0.3 is 4.74 Å². The zero-order valence-electron chi connectivity index (χ0n) is 13.6. The van der Waals surface area contributed by atoms with Crippen LogP contribution in [0.3, 0.4) is 0 Å². The summed E-state index contributed by atoms with van der Waals surface area (Å²) in [5.41, 5.74) is 3.01. The molecule has 0 spiro atoms.